The lowest BCUT2D eigenvalue weighted by molar-refractivity contribution is 0.0134. The molecule has 0 spiro atoms. The Kier molecular flexibility index (Phi) is 4.05. The van der Waals surface area contributed by atoms with Crippen LogP contribution in [0.15, 0.2) is 60.3 Å². The predicted molar refractivity (Wildman–Crippen MR) is 96.7 cm³/mol. The third kappa shape index (κ3) is 2.68. The van der Waals surface area contributed by atoms with Crippen molar-refractivity contribution >= 4 is 11.8 Å². The third-order valence-electron chi connectivity index (χ3n) is 4.79. The van der Waals surface area contributed by atoms with Gasteiger partial charge in [-0.15, -0.1) is 0 Å². The van der Waals surface area contributed by atoms with Crippen molar-refractivity contribution in [2.24, 2.45) is 0 Å². The number of carbonyl (C=O) groups is 1. The van der Waals surface area contributed by atoms with E-state index >= 15 is 0 Å². The normalized spacial score (nSPS) is 23.5. The van der Waals surface area contributed by atoms with E-state index in [0.29, 0.717) is 23.6 Å². The minimum Gasteiger partial charge on any atom is -0.484 e. The van der Waals surface area contributed by atoms with E-state index in [9.17, 15) is 9.90 Å². The number of hydrogen-bond donors (Lipinski definition) is 2. The minimum atomic E-state index is -0.792. The van der Waals surface area contributed by atoms with Crippen LogP contribution in [0.25, 0.3) is 0 Å². The first kappa shape index (κ1) is 16.5. The SMILES string of the molecule is CCC1=CN(C(=O)Oc2ccccc2)C2c3ccc(N)cc3OC2C1O. The molecule has 2 aromatic rings. The van der Waals surface area contributed by atoms with Crippen molar-refractivity contribution in [3.05, 3.63) is 65.9 Å². The molecule has 2 aliphatic rings. The monoisotopic (exact) mass is 352 g/mol. The Morgan fingerprint density at radius 1 is 1.27 bits per heavy atom. The molecule has 3 atom stereocenters. The number of amides is 1. The molecule has 2 heterocycles. The first-order valence-electron chi connectivity index (χ1n) is 8.58. The maximum absolute atomic E-state index is 12.9. The summed E-state index contributed by atoms with van der Waals surface area (Å²) in [5.41, 5.74) is 7.94. The Labute approximate surface area is 151 Å². The maximum Gasteiger partial charge on any atom is 0.419 e. The van der Waals surface area contributed by atoms with Gasteiger partial charge in [0, 0.05) is 23.5 Å². The molecular weight excluding hydrogens is 332 g/mol. The van der Waals surface area contributed by atoms with Gasteiger partial charge in [-0.05, 0) is 30.2 Å². The number of nitrogens with two attached hydrogens (primary N) is 1. The van der Waals surface area contributed by atoms with Crippen molar-refractivity contribution in [2.75, 3.05) is 5.73 Å². The number of fused-ring (bicyclic) bond motifs is 3. The van der Waals surface area contributed by atoms with Crippen LogP contribution in [-0.4, -0.2) is 28.3 Å². The smallest absolute Gasteiger partial charge is 0.419 e. The van der Waals surface area contributed by atoms with Crippen molar-refractivity contribution in [1.29, 1.82) is 0 Å². The first-order valence-corrected chi connectivity index (χ1v) is 8.58. The van der Waals surface area contributed by atoms with Crippen LogP contribution in [0.2, 0.25) is 0 Å². The number of para-hydroxylation sites is 1. The highest BCUT2D eigenvalue weighted by molar-refractivity contribution is 5.74. The van der Waals surface area contributed by atoms with Crippen molar-refractivity contribution in [3.8, 4) is 11.5 Å². The van der Waals surface area contributed by atoms with Gasteiger partial charge < -0.3 is 20.3 Å². The molecule has 134 valence electrons. The number of aliphatic hydroxyl groups excluding tert-OH is 1. The summed E-state index contributed by atoms with van der Waals surface area (Å²) >= 11 is 0. The van der Waals surface area contributed by atoms with Crippen molar-refractivity contribution in [2.45, 2.75) is 31.6 Å². The Balaban J connectivity index is 1.71. The molecule has 0 radical (unpaired) electrons. The second kappa shape index (κ2) is 6.38. The molecule has 2 aromatic carbocycles. The van der Waals surface area contributed by atoms with Crippen LogP contribution in [0.3, 0.4) is 0 Å². The standard InChI is InChI=1S/C20H20N2O4/c1-2-12-11-22(20(24)25-14-6-4-3-5-7-14)17-15-9-8-13(21)10-16(15)26-19(17)18(12)23/h3-11,17-19,23H,2,21H2,1H3. The second-order valence-electron chi connectivity index (χ2n) is 6.42. The van der Waals surface area contributed by atoms with E-state index in [1.165, 1.54) is 4.90 Å². The lowest BCUT2D eigenvalue weighted by Crippen LogP contribution is -2.48. The summed E-state index contributed by atoms with van der Waals surface area (Å²) in [7, 11) is 0. The molecule has 0 aromatic heterocycles. The van der Waals surface area contributed by atoms with Crippen LogP contribution in [0, 0.1) is 0 Å². The van der Waals surface area contributed by atoms with Crippen LogP contribution in [0.4, 0.5) is 10.5 Å². The predicted octanol–water partition coefficient (Wildman–Crippen LogP) is 3.24. The van der Waals surface area contributed by atoms with Crippen LogP contribution < -0.4 is 15.2 Å². The number of anilines is 1. The summed E-state index contributed by atoms with van der Waals surface area (Å²) in [5.74, 6) is 1.05. The van der Waals surface area contributed by atoms with Gasteiger partial charge in [0.15, 0.2) is 6.10 Å². The number of nitrogens with zero attached hydrogens (tertiary/aromatic N) is 1. The second-order valence-corrected chi connectivity index (χ2v) is 6.42. The van der Waals surface area contributed by atoms with Crippen molar-refractivity contribution in [1.82, 2.24) is 4.90 Å². The largest absolute Gasteiger partial charge is 0.484 e. The molecule has 4 rings (SSSR count). The molecule has 0 fully saturated rings. The van der Waals surface area contributed by atoms with E-state index in [4.69, 9.17) is 15.2 Å². The fourth-order valence-electron chi connectivity index (χ4n) is 3.49. The molecule has 6 heteroatoms. The van der Waals surface area contributed by atoms with Crippen LogP contribution in [0.5, 0.6) is 11.5 Å². The average Bonchev–Trinajstić information content (AvgIpc) is 3.02. The van der Waals surface area contributed by atoms with E-state index in [1.807, 2.05) is 19.1 Å². The Morgan fingerprint density at radius 3 is 2.77 bits per heavy atom. The minimum absolute atomic E-state index is 0.461. The fraction of sp³-hybridized carbons (Fsp3) is 0.250. The van der Waals surface area contributed by atoms with Crippen LogP contribution in [-0.2, 0) is 0 Å². The molecule has 3 unspecified atom stereocenters. The van der Waals surface area contributed by atoms with Gasteiger partial charge in [-0.2, -0.15) is 0 Å². The van der Waals surface area contributed by atoms with Gasteiger partial charge in [0.1, 0.15) is 23.6 Å². The number of hydrogen-bond acceptors (Lipinski definition) is 5. The zero-order valence-corrected chi connectivity index (χ0v) is 14.3. The Hall–Kier alpha value is -2.99. The number of benzene rings is 2. The van der Waals surface area contributed by atoms with Gasteiger partial charge in [0.25, 0.3) is 0 Å². The third-order valence-corrected chi connectivity index (χ3v) is 4.79. The molecule has 6 nitrogen and oxygen atoms in total. The lowest BCUT2D eigenvalue weighted by Gasteiger charge is -2.37. The van der Waals surface area contributed by atoms with Gasteiger partial charge in [0.2, 0.25) is 0 Å². The van der Waals surface area contributed by atoms with Crippen LogP contribution >= 0.6 is 0 Å². The topological polar surface area (TPSA) is 85.0 Å². The summed E-state index contributed by atoms with van der Waals surface area (Å²) in [4.78, 5) is 14.4. The Bertz CT molecular complexity index is 865. The lowest BCUT2D eigenvalue weighted by atomic mass is 9.90. The molecule has 26 heavy (non-hydrogen) atoms. The summed E-state index contributed by atoms with van der Waals surface area (Å²) in [6, 6.07) is 13.7. The van der Waals surface area contributed by atoms with Gasteiger partial charge in [0.05, 0.1) is 0 Å². The maximum atomic E-state index is 12.9. The molecular formula is C20H20N2O4. The van der Waals surface area contributed by atoms with Gasteiger partial charge in [-0.3, -0.25) is 4.90 Å². The van der Waals surface area contributed by atoms with E-state index < -0.39 is 24.3 Å². The molecule has 0 aliphatic carbocycles. The number of carbonyl (C=O) groups excluding carboxylic acids is 1. The average molecular weight is 352 g/mol. The molecule has 0 saturated carbocycles. The number of ether oxygens (including phenoxy) is 2. The fourth-order valence-corrected chi connectivity index (χ4v) is 3.49. The van der Waals surface area contributed by atoms with Crippen molar-refractivity contribution in [3.63, 3.8) is 0 Å². The number of aliphatic hydroxyl groups is 1. The first-order chi connectivity index (χ1) is 12.6. The molecule has 0 saturated heterocycles. The molecule has 1 amide bonds. The zero-order valence-electron chi connectivity index (χ0n) is 14.3. The van der Waals surface area contributed by atoms with E-state index in [0.717, 1.165) is 11.1 Å². The summed E-state index contributed by atoms with van der Waals surface area (Å²) in [6.45, 7) is 1.93. The Morgan fingerprint density at radius 2 is 2.04 bits per heavy atom. The molecule has 0 bridgehead atoms. The highest BCUT2D eigenvalue weighted by Gasteiger charge is 2.48. The molecule has 2 aliphatic heterocycles. The zero-order chi connectivity index (χ0) is 18.3. The summed E-state index contributed by atoms with van der Waals surface area (Å²) in [6.07, 6.45) is 0.375. The van der Waals surface area contributed by atoms with E-state index in [1.54, 1.807) is 42.6 Å². The van der Waals surface area contributed by atoms with Gasteiger partial charge in [-0.25, -0.2) is 4.79 Å². The summed E-state index contributed by atoms with van der Waals surface area (Å²) < 4.78 is 11.5. The van der Waals surface area contributed by atoms with E-state index in [2.05, 4.69) is 0 Å². The van der Waals surface area contributed by atoms with Gasteiger partial charge in [-0.1, -0.05) is 31.2 Å². The van der Waals surface area contributed by atoms with E-state index in [-0.39, 0.29) is 0 Å². The highest BCUT2D eigenvalue weighted by atomic mass is 16.6. The number of nitrogen functional groups attached to an aromatic ring is 1. The van der Waals surface area contributed by atoms with Crippen LogP contribution in [0.1, 0.15) is 24.9 Å². The molecule has 3 N–H and O–H groups in total. The summed E-state index contributed by atoms with van der Waals surface area (Å²) in [5, 5.41) is 10.7. The number of rotatable bonds is 2. The van der Waals surface area contributed by atoms with Crippen molar-refractivity contribution < 1.29 is 19.4 Å². The quantitative estimate of drug-likeness (QED) is 0.811. The highest BCUT2D eigenvalue weighted by Crippen LogP contribution is 2.46. The van der Waals surface area contributed by atoms with Gasteiger partial charge >= 0.3 is 6.09 Å².